The van der Waals surface area contributed by atoms with Crippen molar-refractivity contribution in [3.63, 3.8) is 0 Å². The molecule has 3 aromatic rings. The van der Waals surface area contributed by atoms with Crippen LogP contribution in [-0.2, 0) is 6.42 Å². The van der Waals surface area contributed by atoms with E-state index in [1.54, 1.807) is 17.2 Å². The molecule has 5 nitrogen and oxygen atoms in total. The minimum Gasteiger partial charge on any atom is -0.382 e. The Hall–Kier alpha value is -2.69. The highest BCUT2D eigenvalue weighted by molar-refractivity contribution is 5.56. The van der Waals surface area contributed by atoms with Gasteiger partial charge in [0.2, 0.25) is 0 Å². The molecular weight excluding hydrogens is 250 g/mol. The van der Waals surface area contributed by atoms with Crippen molar-refractivity contribution in [2.45, 2.75) is 6.42 Å². The smallest absolute Gasteiger partial charge is 0.178 e. The normalized spacial score (nSPS) is 10.4. The number of anilines is 1. The van der Waals surface area contributed by atoms with Gasteiger partial charge in [-0.3, -0.25) is 0 Å². The molecule has 1 N–H and O–H groups in total. The van der Waals surface area contributed by atoms with Gasteiger partial charge in [0, 0.05) is 12.7 Å². The van der Waals surface area contributed by atoms with Crippen LogP contribution in [0.5, 0.6) is 0 Å². The Morgan fingerprint density at radius 3 is 2.75 bits per heavy atom. The first-order valence-corrected chi connectivity index (χ1v) is 6.51. The third kappa shape index (κ3) is 2.83. The lowest BCUT2D eigenvalue weighted by Crippen LogP contribution is -2.09. The van der Waals surface area contributed by atoms with Gasteiger partial charge in [-0.15, -0.1) is 0 Å². The summed E-state index contributed by atoms with van der Waals surface area (Å²) in [6.45, 7) is 0.845. The van der Waals surface area contributed by atoms with Crippen molar-refractivity contribution in [2.24, 2.45) is 0 Å². The maximum atomic E-state index is 4.34. The van der Waals surface area contributed by atoms with Crippen molar-refractivity contribution >= 4 is 5.69 Å². The average Bonchev–Trinajstić information content (AvgIpc) is 3.03. The molecule has 2 heterocycles. The van der Waals surface area contributed by atoms with E-state index in [4.69, 9.17) is 0 Å². The summed E-state index contributed by atoms with van der Waals surface area (Å²) in [5.74, 6) is 0.762. The van der Waals surface area contributed by atoms with Gasteiger partial charge < -0.3 is 5.32 Å². The second-order valence-corrected chi connectivity index (χ2v) is 4.38. The standard InChI is InChI=1S/C15H15N5/c1-2-5-13(6-3-1)8-10-17-14-7-4-9-18-15(14)20-12-16-11-19-20/h1-7,9,11-12,17H,8,10H2. The summed E-state index contributed by atoms with van der Waals surface area (Å²) in [4.78, 5) is 8.30. The number of aromatic nitrogens is 4. The molecule has 1 aromatic carbocycles. The lowest BCUT2D eigenvalue weighted by atomic mass is 10.1. The summed E-state index contributed by atoms with van der Waals surface area (Å²) in [5.41, 5.74) is 2.26. The second kappa shape index (κ2) is 5.97. The lowest BCUT2D eigenvalue weighted by Gasteiger charge is -2.10. The van der Waals surface area contributed by atoms with Crippen LogP contribution in [0, 0.1) is 0 Å². The number of nitrogens with one attached hydrogen (secondary N) is 1. The zero-order valence-electron chi connectivity index (χ0n) is 11.0. The molecule has 0 saturated heterocycles. The van der Waals surface area contributed by atoms with Gasteiger partial charge in [0.05, 0.1) is 5.69 Å². The van der Waals surface area contributed by atoms with Crippen molar-refractivity contribution in [3.05, 3.63) is 66.9 Å². The third-order valence-electron chi connectivity index (χ3n) is 2.99. The zero-order chi connectivity index (χ0) is 13.6. The summed E-state index contributed by atoms with van der Waals surface area (Å²) in [5, 5.41) is 7.52. The second-order valence-electron chi connectivity index (χ2n) is 4.38. The van der Waals surface area contributed by atoms with E-state index < -0.39 is 0 Å². The average molecular weight is 265 g/mol. The molecule has 3 rings (SSSR count). The molecule has 100 valence electrons. The number of benzene rings is 1. The highest BCUT2D eigenvalue weighted by Crippen LogP contribution is 2.15. The Labute approximate surface area is 117 Å². The molecule has 5 heteroatoms. The van der Waals surface area contributed by atoms with Crippen molar-refractivity contribution in [1.29, 1.82) is 0 Å². The summed E-state index contributed by atoms with van der Waals surface area (Å²) >= 11 is 0. The van der Waals surface area contributed by atoms with Gasteiger partial charge in [0.1, 0.15) is 12.7 Å². The van der Waals surface area contributed by atoms with E-state index in [0.29, 0.717) is 0 Å². The molecular formula is C15H15N5. The molecule has 0 fully saturated rings. The van der Waals surface area contributed by atoms with Crippen LogP contribution >= 0.6 is 0 Å². The van der Waals surface area contributed by atoms with E-state index in [1.807, 2.05) is 18.2 Å². The van der Waals surface area contributed by atoms with Crippen molar-refractivity contribution in [2.75, 3.05) is 11.9 Å². The van der Waals surface area contributed by atoms with Crippen LogP contribution in [0.15, 0.2) is 61.3 Å². The first kappa shape index (κ1) is 12.3. The van der Waals surface area contributed by atoms with Crippen LogP contribution in [0.25, 0.3) is 5.82 Å². The number of pyridine rings is 1. The molecule has 2 aromatic heterocycles. The van der Waals surface area contributed by atoms with Crippen molar-refractivity contribution in [3.8, 4) is 5.82 Å². The van der Waals surface area contributed by atoms with Crippen molar-refractivity contribution in [1.82, 2.24) is 19.7 Å². The Kier molecular flexibility index (Phi) is 3.68. The molecule has 0 unspecified atom stereocenters. The number of rotatable bonds is 5. The highest BCUT2D eigenvalue weighted by atomic mass is 15.3. The van der Waals surface area contributed by atoms with E-state index in [2.05, 4.69) is 44.6 Å². The summed E-state index contributed by atoms with van der Waals surface area (Å²) in [6.07, 6.45) is 5.86. The Bertz CT molecular complexity index is 649. The fourth-order valence-electron chi connectivity index (χ4n) is 2.02. The maximum Gasteiger partial charge on any atom is 0.178 e. The van der Waals surface area contributed by atoms with Gasteiger partial charge in [-0.1, -0.05) is 30.3 Å². The third-order valence-corrected chi connectivity index (χ3v) is 2.99. The SMILES string of the molecule is c1ccc(CCNc2cccnc2-n2cncn2)cc1. The van der Waals surface area contributed by atoms with Crippen LogP contribution < -0.4 is 5.32 Å². The van der Waals surface area contributed by atoms with Crippen LogP contribution in [-0.4, -0.2) is 26.3 Å². The van der Waals surface area contributed by atoms with Gasteiger partial charge in [0.15, 0.2) is 5.82 Å². The lowest BCUT2D eigenvalue weighted by molar-refractivity contribution is 0.843. The van der Waals surface area contributed by atoms with Crippen LogP contribution in [0.1, 0.15) is 5.56 Å². The molecule has 0 aliphatic rings. The van der Waals surface area contributed by atoms with Gasteiger partial charge in [0.25, 0.3) is 0 Å². The van der Waals surface area contributed by atoms with Gasteiger partial charge in [-0.05, 0) is 24.1 Å². The highest BCUT2D eigenvalue weighted by Gasteiger charge is 2.05. The molecule has 20 heavy (non-hydrogen) atoms. The van der Waals surface area contributed by atoms with E-state index in [0.717, 1.165) is 24.5 Å². The molecule has 0 atom stereocenters. The summed E-state index contributed by atoms with van der Waals surface area (Å²) in [6, 6.07) is 14.3. The van der Waals surface area contributed by atoms with Crippen LogP contribution in [0.3, 0.4) is 0 Å². The molecule has 0 radical (unpaired) electrons. The molecule has 0 spiro atoms. The molecule has 0 aliphatic heterocycles. The number of nitrogens with zero attached hydrogens (tertiary/aromatic N) is 4. The summed E-state index contributed by atoms with van der Waals surface area (Å²) in [7, 11) is 0. The minimum atomic E-state index is 0.762. The zero-order valence-corrected chi connectivity index (χ0v) is 11.0. The van der Waals surface area contributed by atoms with Crippen LogP contribution in [0.2, 0.25) is 0 Å². The van der Waals surface area contributed by atoms with Crippen molar-refractivity contribution < 1.29 is 0 Å². The summed E-state index contributed by atoms with van der Waals surface area (Å²) < 4.78 is 1.66. The first-order valence-electron chi connectivity index (χ1n) is 6.51. The van der Waals surface area contributed by atoms with E-state index >= 15 is 0 Å². The Morgan fingerprint density at radius 2 is 1.95 bits per heavy atom. The van der Waals surface area contributed by atoms with E-state index in [1.165, 1.54) is 11.9 Å². The Balaban J connectivity index is 1.69. The molecule has 0 aliphatic carbocycles. The van der Waals surface area contributed by atoms with Gasteiger partial charge >= 0.3 is 0 Å². The number of hydrogen-bond donors (Lipinski definition) is 1. The predicted molar refractivity (Wildman–Crippen MR) is 77.8 cm³/mol. The van der Waals surface area contributed by atoms with E-state index in [-0.39, 0.29) is 0 Å². The largest absolute Gasteiger partial charge is 0.382 e. The fraction of sp³-hybridized carbons (Fsp3) is 0.133. The van der Waals surface area contributed by atoms with Gasteiger partial charge in [-0.2, -0.15) is 5.10 Å². The first-order chi connectivity index (χ1) is 9.93. The minimum absolute atomic E-state index is 0.762. The molecule has 0 bridgehead atoms. The maximum absolute atomic E-state index is 4.34. The van der Waals surface area contributed by atoms with Gasteiger partial charge in [-0.25, -0.2) is 14.6 Å². The van der Waals surface area contributed by atoms with E-state index in [9.17, 15) is 0 Å². The monoisotopic (exact) mass is 265 g/mol. The predicted octanol–water partition coefficient (Wildman–Crippen LogP) is 2.32. The molecule has 0 amide bonds. The quantitative estimate of drug-likeness (QED) is 0.769. The topological polar surface area (TPSA) is 55.6 Å². The Morgan fingerprint density at radius 1 is 1.05 bits per heavy atom. The number of hydrogen-bond acceptors (Lipinski definition) is 4. The molecule has 0 saturated carbocycles. The van der Waals surface area contributed by atoms with Crippen LogP contribution in [0.4, 0.5) is 5.69 Å². The fourth-order valence-corrected chi connectivity index (χ4v) is 2.02.